The Morgan fingerprint density at radius 1 is 0.939 bits per heavy atom. The molecule has 0 aliphatic rings. The van der Waals surface area contributed by atoms with Crippen LogP contribution in [0, 0.1) is 19.7 Å². The molecular weight excluding hydrogens is 443 g/mol. The molecule has 0 bridgehead atoms. The third-order valence-electron chi connectivity index (χ3n) is 4.90. The molecule has 1 heterocycles. The number of benzene rings is 3. The lowest BCUT2D eigenvalue weighted by Gasteiger charge is -2.13. The van der Waals surface area contributed by atoms with Gasteiger partial charge in [-0.3, -0.25) is 9.52 Å². The summed E-state index contributed by atoms with van der Waals surface area (Å²) in [5, 5.41) is 6.84. The average Bonchev–Trinajstić information content (AvgIpc) is 3.25. The molecule has 7 nitrogen and oxygen atoms in total. The van der Waals surface area contributed by atoms with Crippen LogP contribution in [-0.2, 0) is 10.0 Å². The average molecular weight is 465 g/mol. The minimum atomic E-state index is -3.88. The van der Waals surface area contributed by atoms with E-state index in [9.17, 15) is 17.6 Å². The first-order valence-electron chi connectivity index (χ1n) is 10.0. The van der Waals surface area contributed by atoms with Crippen LogP contribution in [0.4, 0.5) is 15.8 Å². The van der Waals surface area contributed by atoms with E-state index in [1.54, 1.807) is 55.6 Å². The number of rotatable bonds is 6. The molecule has 33 heavy (non-hydrogen) atoms. The summed E-state index contributed by atoms with van der Waals surface area (Å²) in [6, 6.07) is 19.0. The molecule has 1 amide bonds. The minimum absolute atomic E-state index is 0.0482. The van der Waals surface area contributed by atoms with Gasteiger partial charge in [0.25, 0.3) is 15.9 Å². The highest BCUT2D eigenvalue weighted by Gasteiger charge is 2.19. The first-order chi connectivity index (χ1) is 15.7. The number of sulfonamides is 1. The number of amides is 1. The summed E-state index contributed by atoms with van der Waals surface area (Å²) in [6.45, 7) is 3.55. The first-order valence-corrected chi connectivity index (χ1v) is 11.5. The number of anilines is 2. The number of aromatic nitrogens is 2. The third kappa shape index (κ3) is 5.09. The molecule has 0 saturated carbocycles. The van der Waals surface area contributed by atoms with Crippen LogP contribution in [-0.4, -0.2) is 24.1 Å². The van der Waals surface area contributed by atoms with Crippen molar-refractivity contribution >= 4 is 27.3 Å². The lowest BCUT2D eigenvalue weighted by Crippen LogP contribution is -2.16. The van der Waals surface area contributed by atoms with Gasteiger partial charge in [-0.05, 0) is 73.5 Å². The number of nitrogens with zero attached hydrogens (tertiary/aromatic N) is 2. The molecule has 0 aliphatic carbocycles. The maximum Gasteiger partial charge on any atom is 0.276 e. The normalized spacial score (nSPS) is 11.2. The van der Waals surface area contributed by atoms with Crippen molar-refractivity contribution in [3.05, 3.63) is 102 Å². The van der Waals surface area contributed by atoms with Gasteiger partial charge in [0.15, 0.2) is 5.69 Å². The van der Waals surface area contributed by atoms with Crippen molar-refractivity contribution < 1.29 is 17.6 Å². The lowest BCUT2D eigenvalue weighted by atomic mass is 10.2. The van der Waals surface area contributed by atoms with Crippen molar-refractivity contribution in [1.82, 2.24) is 9.78 Å². The predicted molar refractivity (Wildman–Crippen MR) is 125 cm³/mol. The van der Waals surface area contributed by atoms with E-state index in [0.717, 1.165) is 5.56 Å². The summed E-state index contributed by atoms with van der Waals surface area (Å²) < 4.78 is 43.3. The van der Waals surface area contributed by atoms with Crippen molar-refractivity contribution in [3.63, 3.8) is 0 Å². The predicted octanol–water partition coefficient (Wildman–Crippen LogP) is 4.68. The van der Waals surface area contributed by atoms with Gasteiger partial charge in [-0.25, -0.2) is 17.5 Å². The molecule has 3 aromatic carbocycles. The van der Waals surface area contributed by atoms with Crippen molar-refractivity contribution in [2.75, 3.05) is 10.0 Å². The molecule has 0 fully saturated rings. The molecule has 4 rings (SSSR count). The molecule has 2 N–H and O–H groups in total. The van der Waals surface area contributed by atoms with Crippen LogP contribution < -0.4 is 10.0 Å². The standard InChI is InChI=1S/C24H21FN4O3S/c1-16-5-3-7-20(13-16)28-33(31,32)23-15-19(10-9-17(23)2)26-24(30)22-11-12-29(27-22)21-8-4-6-18(25)14-21/h3-15,28H,1-2H3,(H,26,30). The topological polar surface area (TPSA) is 93.1 Å². The zero-order valence-electron chi connectivity index (χ0n) is 17.9. The number of hydrogen-bond donors (Lipinski definition) is 2. The SMILES string of the molecule is Cc1cccc(NS(=O)(=O)c2cc(NC(=O)c3ccn(-c4cccc(F)c4)n3)ccc2C)c1. The molecule has 0 unspecified atom stereocenters. The van der Waals surface area contributed by atoms with Gasteiger partial charge in [0, 0.05) is 17.6 Å². The van der Waals surface area contributed by atoms with Crippen molar-refractivity contribution in [1.29, 1.82) is 0 Å². The highest BCUT2D eigenvalue weighted by Crippen LogP contribution is 2.24. The molecule has 0 aliphatic heterocycles. The van der Waals surface area contributed by atoms with Crippen molar-refractivity contribution in [2.24, 2.45) is 0 Å². The van der Waals surface area contributed by atoms with Crippen LogP contribution in [0.1, 0.15) is 21.6 Å². The summed E-state index contributed by atoms with van der Waals surface area (Å²) in [7, 11) is -3.88. The van der Waals surface area contributed by atoms with Gasteiger partial charge < -0.3 is 5.32 Å². The van der Waals surface area contributed by atoms with Crippen LogP contribution >= 0.6 is 0 Å². The van der Waals surface area contributed by atoms with Crippen LogP contribution in [0.5, 0.6) is 0 Å². The maximum absolute atomic E-state index is 13.5. The molecule has 168 valence electrons. The van der Waals surface area contributed by atoms with Crippen molar-refractivity contribution in [3.8, 4) is 5.69 Å². The Morgan fingerprint density at radius 2 is 1.73 bits per heavy atom. The highest BCUT2D eigenvalue weighted by atomic mass is 32.2. The zero-order valence-corrected chi connectivity index (χ0v) is 18.7. The summed E-state index contributed by atoms with van der Waals surface area (Å²) in [4.78, 5) is 12.7. The summed E-state index contributed by atoms with van der Waals surface area (Å²) in [5.74, 6) is -0.939. The molecule has 1 aromatic heterocycles. The van der Waals surface area contributed by atoms with E-state index in [2.05, 4.69) is 15.1 Å². The Hall–Kier alpha value is -3.98. The molecule has 0 saturated heterocycles. The molecule has 4 aromatic rings. The Kier molecular flexibility index (Phi) is 5.97. The number of carbonyl (C=O) groups is 1. The van der Waals surface area contributed by atoms with E-state index in [0.29, 0.717) is 22.6 Å². The smallest absolute Gasteiger partial charge is 0.276 e. The van der Waals surface area contributed by atoms with Gasteiger partial charge in [-0.15, -0.1) is 0 Å². The fourth-order valence-corrected chi connectivity index (χ4v) is 4.61. The zero-order chi connectivity index (χ0) is 23.6. The Morgan fingerprint density at radius 3 is 2.48 bits per heavy atom. The molecule has 0 atom stereocenters. The Balaban J connectivity index is 1.55. The maximum atomic E-state index is 13.5. The fraction of sp³-hybridized carbons (Fsp3) is 0.0833. The summed E-state index contributed by atoms with van der Waals surface area (Å²) in [5.41, 5.74) is 2.78. The number of aryl methyl sites for hydroxylation is 2. The van der Waals surface area contributed by atoms with Gasteiger partial charge >= 0.3 is 0 Å². The second-order valence-electron chi connectivity index (χ2n) is 7.53. The van der Waals surface area contributed by atoms with Crippen LogP contribution in [0.3, 0.4) is 0 Å². The Bertz CT molecular complexity index is 1450. The van der Waals surface area contributed by atoms with Crippen molar-refractivity contribution in [2.45, 2.75) is 18.7 Å². The van der Waals surface area contributed by atoms with E-state index in [1.807, 2.05) is 13.0 Å². The van der Waals surface area contributed by atoms with E-state index in [4.69, 9.17) is 0 Å². The van der Waals surface area contributed by atoms with E-state index < -0.39 is 21.7 Å². The van der Waals surface area contributed by atoms with Gasteiger partial charge in [-0.2, -0.15) is 5.10 Å². The van der Waals surface area contributed by atoms with Gasteiger partial charge in [-0.1, -0.05) is 24.3 Å². The van der Waals surface area contributed by atoms with Crippen LogP contribution in [0.2, 0.25) is 0 Å². The van der Waals surface area contributed by atoms with Crippen LogP contribution in [0.25, 0.3) is 5.69 Å². The second-order valence-corrected chi connectivity index (χ2v) is 9.19. The van der Waals surface area contributed by atoms with Gasteiger partial charge in [0.1, 0.15) is 5.82 Å². The first kappa shape index (κ1) is 22.2. The minimum Gasteiger partial charge on any atom is -0.321 e. The largest absolute Gasteiger partial charge is 0.321 e. The Labute approximate surface area is 190 Å². The van der Waals surface area contributed by atoms with Gasteiger partial charge in [0.2, 0.25) is 0 Å². The van der Waals surface area contributed by atoms with E-state index >= 15 is 0 Å². The van der Waals surface area contributed by atoms with E-state index in [-0.39, 0.29) is 10.6 Å². The molecule has 0 radical (unpaired) electrons. The fourth-order valence-electron chi connectivity index (χ4n) is 3.29. The van der Waals surface area contributed by atoms with Crippen LogP contribution in [0.15, 0.2) is 83.9 Å². The highest BCUT2D eigenvalue weighted by molar-refractivity contribution is 7.92. The number of nitrogens with one attached hydrogen (secondary N) is 2. The number of halogens is 1. The van der Waals surface area contributed by atoms with Gasteiger partial charge in [0.05, 0.1) is 10.6 Å². The molecule has 0 spiro atoms. The molecule has 9 heteroatoms. The van der Waals surface area contributed by atoms with E-state index in [1.165, 1.54) is 28.9 Å². The second kappa shape index (κ2) is 8.87. The number of carbonyl (C=O) groups excluding carboxylic acids is 1. The lowest BCUT2D eigenvalue weighted by molar-refractivity contribution is 0.102. The monoisotopic (exact) mass is 464 g/mol. The third-order valence-corrected chi connectivity index (χ3v) is 6.42. The number of hydrogen-bond acceptors (Lipinski definition) is 4. The quantitative estimate of drug-likeness (QED) is 0.433. The molecular formula is C24H21FN4O3S. The summed E-state index contributed by atoms with van der Waals surface area (Å²) >= 11 is 0. The summed E-state index contributed by atoms with van der Waals surface area (Å²) in [6.07, 6.45) is 1.54.